The van der Waals surface area contributed by atoms with Gasteiger partial charge in [0.25, 0.3) is 0 Å². The third kappa shape index (κ3) is 3.42. The molecule has 1 fully saturated rings. The lowest BCUT2D eigenvalue weighted by Crippen LogP contribution is -2.53. The van der Waals surface area contributed by atoms with Gasteiger partial charge in [0.15, 0.2) is 0 Å². The van der Waals surface area contributed by atoms with Gasteiger partial charge in [-0.05, 0) is 53.1 Å². The van der Waals surface area contributed by atoms with Crippen LogP contribution in [0.5, 0.6) is 0 Å². The monoisotopic (exact) mass is 242 g/mol. The zero-order chi connectivity index (χ0) is 13.1. The Hall–Kier alpha value is -0.610. The molecule has 0 heterocycles. The van der Waals surface area contributed by atoms with E-state index in [0.717, 1.165) is 32.2 Å². The number of carboxylic acid groups (broad SMARTS) is 1. The van der Waals surface area contributed by atoms with Crippen molar-refractivity contribution in [3.8, 4) is 0 Å². The van der Waals surface area contributed by atoms with Gasteiger partial charge in [-0.1, -0.05) is 6.92 Å². The van der Waals surface area contributed by atoms with Crippen molar-refractivity contribution in [3.63, 3.8) is 0 Å². The summed E-state index contributed by atoms with van der Waals surface area (Å²) in [6.45, 7) is 7.21. The van der Waals surface area contributed by atoms with Crippen molar-refractivity contribution < 1.29 is 9.90 Å². The summed E-state index contributed by atoms with van der Waals surface area (Å²) in [5.41, 5.74) is -0.708. The maximum Gasteiger partial charge on any atom is 0.323 e. The normalized spacial score (nSPS) is 29.2. The van der Waals surface area contributed by atoms with Crippen molar-refractivity contribution in [1.82, 2.24) is 10.2 Å². The van der Waals surface area contributed by atoms with E-state index in [1.165, 1.54) is 0 Å². The molecule has 0 bridgehead atoms. The van der Waals surface area contributed by atoms with Crippen LogP contribution in [0.2, 0.25) is 0 Å². The van der Waals surface area contributed by atoms with Crippen LogP contribution in [-0.2, 0) is 4.79 Å². The molecule has 2 atom stereocenters. The molecular formula is C13H26N2O2. The van der Waals surface area contributed by atoms with Crippen molar-refractivity contribution in [2.45, 2.75) is 64.1 Å². The van der Waals surface area contributed by atoms with E-state index in [-0.39, 0.29) is 6.04 Å². The minimum atomic E-state index is -0.708. The molecule has 0 radical (unpaired) electrons. The minimum Gasteiger partial charge on any atom is -0.480 e. The summed E-state index contributed by atoms with van der Waals surface area (Å²) in [6, 6.07) is 0.610. The van der Waals surface area contributed by atoms with Gasteiger partial charge in [-0.25, -0.2) is 0 Å². The number of rotatable bonds is 6. The topological polar surface area (TPSA) is 52.6 Å². The van der Waals surface area contributed by atoms with Crippen molar-refractivity contribution in [2.75, 3.05) is 13.6 Å². The summed E-state index contributed by atoms with van der Waals surface area (Å²) in [4.78, 5) is 13.8. The van der Waals surface area contributed by atoms with E-state index in [1.807, 2.05) is 13.8 Å². The summed E-state index contributed by atoms with van der Waals surface area (Å²) < 4.78 is 0. The minimum absolute atomic E-state index is 0.210. The van der Waals surface area contributed by atoms with Gasteiger partial charge < -0.3 is 10.0 Å². The van der Waals surface area contributed by atoms with E-state index < -0.39 is 11.5 Å². The molecule has 0 aliphatic heterocycles. The van der Waals surface area contributed by atoms with Crippen LogP contribution in [0, 0.1) is 0 Å². The molecule has 2 N–H and O–H groups in total. The predicted octanol–water partition coefficient (Wildman–Crippen LogP) is 1.70. The lowest BCUT2D eigenvalue weighted by molar-refractivity contribution is -0.145. The summed E-state index contributed by atoms with van der Waals surface area (Å²) in [6.07, 6.45) is 3.55. The van der Waals surface area contributed by atoms with Crippen LogP contribution in [0.25, 0.3) is 0 Å². The smallest absolute Gasteiger partial charge is 0.323 e. The molecule has 1 aliphatic carbocycles. The molecular weight excluding hydrogens is 216 g/mol. The average molecular weight is 242 g/mol. The molecule has 0 saturated heterocycles. The van der Waals surface area contributed by atoms with Crippen LogP contribution in [0.15, 0.2) is 0 Å². The molecule has 0 aromatic carbocycles. The highest BCUT2D eigenvalue weighted by Gasteiger charge is 2.46. The molecule has 4 nitrogen and oxygen atoms in total. The van der Waals surface area contributed by atoms with Gasteiger partial charge in [-0.15, -0.1) is 0 Å². The Morgan fingerprint density at radius 3 is 2.71 bits per heavy atom. The third-order valence-corrected chi connectivity index (χ3v) is 3.66. The fraction of sp³-hybridized carbons (Fsp3) is 0.923. The van der Waals surface area contributed by atoms with Crippen molar-refractivity contribution >= 4 is 5.97 Å². The van der Waals surface area contributed by atoms with Crippen LogP contribution in [-0.4, -0.2) is 47.2 Å². The second-order valence-corrected chi connectivity index (χ2v) is 5.56. The zero-order valence-corrected chi connectivity index (χ0v) is 11.5. The second-order valence-electron chi connectivity index (χ2n) is 5.56. The van der Waals surface area contributed by atoms with Gasteiger partial charge in [0, 0.05) is 12.1 Å². The molecule has 0 spiro atoms. The Morgan fingerprint density at radius 2 is 2.24 bits per heavy atom. The van der Waals surface area contributed by atoms with Crippen molar-refractivity contribution in [3.05, 3.63) is 0 Å². The van der Waals surface area contributed by atoms with Gasteiger partial charge in [-0.3, -0.25) is 10.1 Å². The summed E-state index contributed by atoms with van der Waals surface area (Å²) >= 11 is 0. The SMILES string of the molecule is CCCN(C)C1CCC(NC(C)C)(C(=O)O)C1. The molecule has 0 amide bonds. The van der Waals surface area contributed by atoms with Crippen LogP contribution < -0.4 is 5.32 Å². The quantitative estimate of drug-likeness (QED) is 0.744. The lowest BCUT2D eigenvalue weighted by Gasteiger charge is -2.30. The van der Waals surface area contributed by atoms with Gasteiger partial charge in [0.1, 0.15) is 5.54 Å². The number of nitrogens with one attached hydrogen (secondary N) is 1. The molecule has 100 valence electrons. The Labute approximate surface area is 104 Å². The fourth-order valence-corrected chi connectivity index (χ4v) is 2.87. The van der Waals surface area contributed by atoms with Crippen LogP contribution >= 0.6 is 0 Å². The zero-order valence-electron chi connectivity index (χ0n) is 11.5. The van der Waals surface area contributed by atoms with E-state index in [2.05, 4.69) is 24.2 Å². The highest BCUT2D eigenvalue weighted by Crippen LogP contribution is 2.33. The van der Waals surface area contributed by atoms with Crippen LogP contribution in [0.3, 0.4) is 0 Å². The van der Waals surface area contributed by atoms with Crippen LogP contribution in [0.4, 0.5) is 0 Å². The Bertz CT molecular complexity index is 268. The third-order valence-electron chi connectivity index (χ3n) is 3.66. The summed E-state index contributed by atoms with van der Waals surface area (Å²) in [7, 11) is 2.10. The Morgan fingerprint density at radius 1 is 1.59 bits per heavy atom. The van der Waals surface area contributed by atoms with Gasteiger partial charge in [-0.2, -0.15) is 0 Å². The van der Waals surface area contributed by atoms with E-state index in [1.54, 1.807) is 0 Å². The van der Waals surface area contributed by atoms with E-state index in [0.29, 0.717) is 6.04 Å². The van der Waals surface area contributed by atoms with E-state index >= 15 is 0 Å². The first-order valence-electron chi connectivity index (χ1n) is 6.62. The Balaban J connectivity index is 2.68. The predicted molar refractivity (Wildman–Crippen MR) is 69.2 cm³/mol. The summed E-state index contributed by atoms with van der Waals surface area (Å²) in [5.74, 6) is -0.696. The lowest BCUT2D eigenvalue weighted by atomic mass is 9.96. The number of carboxylic acids is 1. The number of hydrogen-bond donors (Lipinski definition) is 2. The number of hydrogen-bond acceptors (Lipinski definition) is 3. The van der Waals surface area contributed by atoms with Crippen molar-refractivity contribution in [2.24, 2.45) is 0 Å². The highest BCUT2D eigenvalue weighted by atomic mass is 16.4. The number of nitrogens with zero attached hydrogens (tertiary/aromatic N) is 1. The molecule has 2 unspecified atom stereocenters. The van der Waals surface area contributed by atoms with Crippen LogP contribution in [0.1, 0.15) is 46.5 Å². The molecule has 0 aromatic rings. The van der Waals surface area contributed by atoms with Gasteiger partial charge >= 0.3 is 5.97 Å². The molecule has 1 rings (SSSR count). The molecule has 1 saturated carbocycles. The highest BCUT2D eigenvalue weighted by molar-refractivity contribution is 5.79. The molecule has 0 aromatic heterocycles. The molecule has 17 heavy (non-hydrogen) atoms. The first-order valence-corrected chi connectivity index (χ1v) is 6.62. The van der Waals surface area contributed by atoms with E-state index in [9.17, 15) is 9.90 Å². The molecule has 1 aliphatic rings. The maximum atomic E-state index is 11.5. The molecule has 4 heteroatoms. The van der Waals surface area contributed by atoms with Crippen molar-refractivity contribution in [1.29, 1.82) is 0 Å². The average Bonchev–Trinajstić information content (AvgIpc) is 2.63. The fourth-order valence-electron chi connectivity index (χ4n) is 2.87. The van der Waals surface area contributed by atoms with Gasteiger partial charge in [0.2, 0.25) is 0 Å². The first-order chi connectivity index (χ1) is 7.91. The summed E-state index contributed by atoms with van der Waals surface area (Å²) in [5, 5.41) is 12.7. The first kappa shape index (κ1) is 14.5. The largest absolute Gasteiger partial charge is 0.480 e. The van der Waals surface area contributed by atoms with E-state index in [4.69, 9.17) is 0 Å². The second kappa shape index (κ2) is 5.83. The Kier molecular flexibility index (Phi) is 4.95. The maximum absolute atomic E-state index is 11.5. The number of carbonyl (C=O) groups is 1. The number of aliphatic carboxylic acids is 1. The standard InChI is InChI=1S/C13H26N2O2/c1-5-8-15(4)11-6-7-13(9-11,12(16)17)14-10(2)3/h10-11,14H,5-9H2,1-4H3,(H,16,17). The van der Waals surface area contributed by atoms with Gasteiger partial charge in [0.05, 0.1) is 0 Å².